The highest BCUT2D eigenvalue weighted by Gasteiger charge is 2.29. The van der Waals surface area contributed by atoms with Gasteiger partial charge in [-0.2, -0.15) is 0 Å². The van der Waals surface area contributed by atoms with Crippen molar-refractivity contribution >= 4 is 33.2 Å². The van der Waals surface area contributed by atoms with Crippen LogP contribution < -0.4 is 5.32 Å². The first-order valence-electron chi connectivity index (χ1n) is 8.86. The summed E-state index contributed by atoms with van der Waals surface area (Å²) >= 11 is 1.34. The summed E-state index contributed by atoms with van der Waals surface area (Å²) in [5.41, 5.74) is 1.90. The Labute approximate surface area is 163 Å². The van der Waals surface area contributed by atoms with Crippen LogP contribution in [0.15, 0.2) is 29.4 Å². The molecule has 1 aromatic carbocycles. The number of rotatable bonds is 6. The lowest BCUT2D eigenvalue weighted by molar-refractivity contribution is -0.115. The van der Waals surface area contributed by atoms with E-state index in [1.165, 1.54) is 11.8 Å². The largest absolute Gasteiger partial charge is 0.325 e. The van der Waals surface area contributed by atoms with E-state index in [2.05, 4.69) is 15.5 Å². The van der Waals surface area contributed by atoms with Crippen LogP contribution in [-0.4, -0.2) is 45.8 Å². The third kappa shape index (κ3) is 5.10. The van der Waals surface area contributed by atoms with E-state index in [9.17, 15) is 13.2 Å². The minimum atomic E-state index is -2.90. The Bertz CT molecular complexity index is 923. The normalized spacial score (nSPS) is 19.7. The third-order valence-electron chi connectivity index (χ3n) is 4.69. The molecule has 146 valence electrons. The summed E-state index contributed by atoms with van der Waals surface area (Å²) in [6, 6.07) is 7.65. The number of nitrogens with zero attached hydrogens (tertiary/aromatic N) is 3. The van der Waals surface area contributed by atoms with Crippen molar-refractivity contribution in [1.29, 1.82) is 0 Å². The zero-order valence-electron chi connectivity index (χ0n) is 15.7. The lowest BCUT2D eigenvalue weighted by Gasteiger charge is -2.12. The predicted octanol–water partition coefficient (Wildman–Crippen LogP) is 2.22. The zero-order valence-corrected chi connectivity index (χ0v) is 17.3. The number of amides is 1. The standard InChI is InChI=1S/C18H24N4O3S2/c1-12-4-6-15(7-5-12)19-17(23)13(2)26-18-21-20-16(22(18)3)10-14-8-9-27(24,25)11-14/h4-7,13-14H,8-11H2,1-3H3,(H,19,23). The van der Waals surface area contributed by atoms with Crippen molar-refractivity contribution in [3.05, 3.63) is 35.7 Å². The van der Waals surface area contributed by atoms with Crippen molar-refractivity contribution < 1.29 is 13.2 Å². The van der Waals surface area contributed by atoms with Crippen molar-refractivity contribution in [2.75, 3.05) is 16.8 Å². The Balaban J connectivity index is 1.59. The average molecular weight is 409 g/mol. The number of carbonyl (C=O) groups is 1. The number of benzene rings is 1. The van der Waals surface area contributed by atoms with Gasteiger partial charge in [0, 0.05) is 19.2 Å². The molecule has 2 aromatic rings. The maximum absolute atomic E-state index is 12.4. The van der Waals surface area contributed by atoms with E-state index in [0.717, 1.165) is 17.1 Å². The van der Waals surface area contributed by atoms with Gasteiger partial charge in [0.25, 0.3) is 0 Å². The van der Waals surface area contributed by atoms with Crippen molar-refractivity contribution in [2.45, 2.75) is 37.1 Å². The molecule has 1 N–H and O–H groups in total. The predicted molar refractivity (Wildman–Crippen MR) is 107 cm³/mol. The highest BCUT2D eigenvalue weighted by Crippen LogP contribution is 2.26. The molecule has 1 amide bonds. The molecule has 1 fully saturated rings. The van der Waals surface area contributed by atoms with Gasteiger partial charge in [-0.15, -0.1) is 10.2 Å². The van der Waals surface area contributed by atoms with Crippen LogP contribution in [-0.2, 0) is 28.1 Å². The molecule has 9 heteroatoms. The Morgan fingerprint density at radius 2 is 2.04 bits per heavy atom. The highest BCUT2D eigenvalue weighted by molar-refractivity contribution is 8.00. The molecule has 0 bridgehead atoms. The molecule has 1 aromatic heterocycles. The molecule has 0 spiro atoms. The van der Waals surface area contributed by atoms with Crippen molar-refractivity contribution in [1.82, 2.24) is 14.8 Å². The number of hydrogen-bond acceptors (Lipinski definition) is 6. The monoisotopic (exact) mass is 408 g/mol. The Kier molecular flexibility index (Phi) is 5.90. The van der Waals surface area contributed by atoms with Gasteiger partial charge < -0.3 is 9.88 Å². The van der Waals surface area contributed by atoms with E-state index < -0.39 is 9.84 Å². The van der Waals surface area contributed by atoms with E-state index in [0.29, 0.717) is 18.0 Å². The van der Waals surface area contributed by atoms with E-state index in [4.69, 9.17) is 0 Å². The minimum absolute atomic E-state index is 0.0954. The fourth-order valence-electron chi connectivity index (χ4n) is 3.01. The second kappa shape index (κ2) is 8.02. The van der Waals surface area contributed by atoms with Gasteiger partial charge in [-0.3, -0.25) is 4.79 Å². The number of anilines is 1. The molecular weight excluding hydrogens is 384 g/mol. The molecule has 1 aliphatic heterocycles. The van der Waals surface area contributed by atoms with E-state index in [1.807, 2.05) is 49.7 Å². The fraction of sp³-hybridized carbons (Fsp3) is 0.500. The lowest BCUT2D eigenvalue weighted by Crippen LogP contribution is -2.22. The second-order valence-corrected chi connectivity index (χ2v) is 10.6. The van der Waals surface area contributed by atoms with E-state index >= 15 is 0 Å². The lowest BCUT2D eigenvalue weighted by atomic mass is 10.1. The van der Waals surface area contributed by atoms with Crippen molar-refractivity contribution in [2.24, 2.45) is 13.0 Å². The number of nitrogens with one attached hydrogen (secondary N) is 1. The van der Waals surface area contributed by atoms with Crippen LogP contribution in [0, 0.1) is 12.8 Å². The van der Waals surface area contributed by atoms with Crippen molar-refractivity contribution in [3.8, 4) is 0 Å². The number of thioether (sulfide) groups is 1. The molecule has 2 atom stereocenters. The smallest absolute Gasteiger partial charge is 0.237 e. The van der Waals surface area contributed by atoms with Crippen LogP contribution in [0.2, 0.25) is 0 Å². The summed E-state index contributed by atoms with van der Waals surface area (Å²) in [5.74, 6) is 1.23. The number of aromatic nitrogens is 3. The van der Waals surface area contributed by atoms with Gasteiger partial charge in [0.1, 0.15) is 5.82 Å². The number of carbonyl (C=O) groups excluding carboxylic acids is 1. The zero-order chi connectivity index (χ0) is 19.6. The van der Waals surface area contributed by atoms with E-state index in [-0.39, 0.29) is 28.6 Å². The Morgan fingerprint density at radius 1 is 1.33 bits per heavy atom. The third-order valence-corrected chi connectivity index (χ3v) is 7.66. The maximum Gasteiger partial charge on any atom is 0.237 e. The fourth-order valence-corrected chi connectivity index (χ4v) is 5.70. The molecule has 27 heavy (non-hydrogen) atoms. The summed E-state index contributed by atoms with van der Waals surface area (Å²) in [5, 5.41) is 11.6. The molecule has 0 aliphatic carbocycles. The van der Waals surface area contributed by atoms with Gasteiger partial charge in [0.05, 0.1) is 16.8 Å². The van der Waals surface area contributed by atoms with Gasteiger partial charge in [0.2, 0.25) is 5.91 Å². The highest BCUT2D eigenvalue weighted by atomic mass is 32.2. The van der Waals surface area contributed by atoms with Crippen LogP contribution in [0.3, 0.4) is 0 Å². The number of sulfone groups is 1. The molecule has 2 heterocycles. The average Bonchev–Trinajstić information content (AvgIpc) is 3.13. The van der Waals surface area contributed by atoms with Crippen LogP contribution in [0.4, 0.5) is 5.69 Å². The van der Waals surface area contributed by atoms with Gasteiger partial charge in [0.15, 0.2) is 15.0 Å². The molecule has 3 rings (SSSR count). The molecule has 1 saturated heterocycles. The van der Waals surface area contributed by atoms with Crippen molar-refractivity contribution in [3.63, 3.8) is 0 Å². The summed E-state index contributed by atoms with van der Waals surface area (Å²) in [4.78, 5) is 12.4. The topological polar surface area (TPSA) is 94.0 Å². The van der Waals surface area contributed by atoms with Crippen LogP contribution in [0.5, 0.6) is 0 Å². The first-order valence-corrected chi connectivity index (χ1v) is 11.6. The van der Waals surface area contributed by atoms with Crippen LogP contribution in [0.1, 0.15) is 24.7 Å². The summed E-state index contributed by atoms with van der Waals surface area (Å²) < 4.78 is 25.1. The van der Waals surface area contributed by atoms with Crippen LogP contribution in [0.25, 0.3) is 0 Å². The second-order valence-electron chi connectivity index (χ2n) is 7.05. The molecule has 0 radical (unpaired) electrons. The Hall–Kier alpha value is -1.87. The Morgan fingerprint density at radius 3 is 2.67 bits per heavy atom. The molecular formula is C18H24N4O3S2. The number of hydrogen-bond donors (Lipinski definition) is 1. The molecule has 2 unspecified atom stereocenters. The summed E-state index contributed by atoms with van der Waals surface area (Å²) in [7, 11) is -1.05. The minimum Gasteiger partial charge on any atom is -0.325 e. The quantitative estimate of drug-likeness (QED) is 0.737. The molecule has 0 saturated carbocycles. The first-order chi connectivity index (χ1) is 12.7. The van der Waals surface area contributed by atoms with Crippen LogP contribution >= 0.6 is 11.8 Å². The molecule has 7 nitrogen and oxygen atoms in total. The summed E-state index contributed by atoms with van der Waals surface area (Å²) in [6.45, 7) is 3.82. The SMILES string of the molecule is Cc1ccc(NC(=O)C(C)Sc2nnc(CC3CCS(=O)(=O)C3)n2C)cc1. The van der Waals surface area contributed by atoms with E-state index in [1.54, 1.807) is 0 Å². The number of aryl methyl sites for hydroxylation is 1. The maximum atomic E-state index is 12.4. The van der Waals surface area contributed by atoms with Gasteiger partial charge in [-0.1, -0.05) is 29.5 Å². The molecule has 1 aliphatic rings. The first kappa shape index (κ1) is 19.9. The summed E-state index contributed by atoms with van der Waals surface area (Å²) in [6.07, 6.45) is 1.26. The van der Waals surface area contributed by atoms with Gasteiger partial charge in [-0.05, 0) is 38.3 Å². The van der Waals surface area contributed by atoms with Gasteiger partial charge in [-0.25, -0.2) is 8.42 Å². The van der Waals surface area contributed by atoms with Gasteiger partial charge >= 0.3 is 0 Å².